The number of anilines is 2. The highest BCUT2D eigenvalue weighted by molar-refractivity contribution is 5.95. The van der Waals surface area contributed by atoms with Gasteiger partial charge in [-0.3, -0.25) is 9.59 Å². The summed E-state index contributed by atoms with van der Waals surface area (Å²) in [5.41, 5.74) is 0.133. The summed E-state index contributed by atoms with van der Waals surface area (Å²) < 4.78 is 49.4. The molecule has 2 aromatic carbocycles. The van der Waals surface area contributed by atoms with Crippen molar-refractivity contribution in [3.05, 3.63) is 54.1 Å². The number of nitrogens with one attached hydrogen (secondary N) is 1. The molecule has 7 nitrogen and oxygen atoms in total. The lowest BCUT2D eigenvalue weighted by Gasteiger charge is -2.38. The van der Waals surface area contributed by atoms with Crippen LogP contribution in [0.3, 0.4) is 0 Å². The van der Waals surface area contributed by atoms with Gasteiger partial charge >= 0.3 is 6.18 Å². The normalized spacial score (nSPS) is 18.5. The predicted molar refractivity (Wildman–Crippen MR) is 111 cm³/mol. The third-order valence-corrected chi connectivity index (χ3v) is 5.29. The number of para-hydroxylation sites is 2. The van der Waals surface area contributed by atoms with Crippen LogP contribution in [0, 0.1) is 0 Å². The van der Waals surface area contributed by atoms with Crippen molar-refractivity contribution in [1.82, 2.24) is 4.90 Å². The molecule has 170 valence electrons. The number of morpholine rings is 1. The lowest BCUT2D eigenvalue weighted by molar-refractivity contribution is -0.142. The van der Waals surface area contributed by atoms with Crippen LogP contribution in [0.5, 0.6) is 5.75 Å². The maximum absolute atomic E-state index is 12.9. The van der Waals surface area contributed by atoms with Crippen molar-refractivity contribution in [1.29, 1.82) is 0 Å². The number of halogens is 3. The molecule has 2 aliphatic rings. The first-order chi connectivity index (χ1) is 15.3. The molecule has 32 heavy (non-hydrogen) atoms. The number of carbonyl (C=O) groups is 2. The van der Waals surface area contributed by atoms with Gasteiger partial charge in [0.1, 0.15) is 5.75 Å². The van der Waals surface area contributed by atoms with Crippen molar-refractivity contribution in [3.63, 3.8) is 0 Å². The van der Waals surface area contributed by atoms with E-state index in [2.05, 4.69) is 5.32 Å². The number of amides is 2. The van der Waals surface area contributed by atoms with Gasteiger partial charge in [-0.2, -0.15) is 13.2 Å². The van der Waals surface area contributed by atoms with Crippen molar-refractivity contribution in [2.24, 2.45) is 0 Å². The second-order valence-corrected chi connectivity index (χ2v) is 7.52. The average Bonchev–Trinajstić information content (AvgIpc) is 2.79. The van der Waals surface area contributed by atoms with Gasteiger partial charge in [0.05, 0.1) is 37.6 Å². The molecule has 1 saturated heterocycles. The largest absolute Gasteiger partial charge is 0.477 e. The fourth-order valence-corrected chi connectivity index (χ4v) is 3.69. The van der Waals surface area contributed by atoms with Crippen LogP contribution in [0.1, 0.15) is 5.56 Å². The molecule has 0 aromatic heterocycles. The number of rotatable bonds is 4. The fraction of sp³-hybridized carbons (Fsp3) is 0.364. The summed E-state index contributed by atoms with van der Waals surface area (Å²) in [5, 5.41) is 2.61. The fourth-order valence-electron chi connectivity index (χ4n) is 3.69. The topological polar surface area (TPSA) is 71.1 Å². The summed E-state index contributed by atoms with van der Waals surface area (Å²) in [5.74, 6) is -0.0947. The van der Waals surface area contributed by atoms with Crippen molar-refractivity contribution in [2.45, 2.75) is 12.3 Å². The Labute approximate surface area is 182 Å². The molecule has 1 N–H and O–H groups in total. The Morgan fingerprint density at radius 1 is 1.03 bits per heavy atom. The van der Waals surface area contributed by atoms with E-state index in [-0.39, 0.29) is 24.7 Å². The van der Waals surface area contributed by atoms with Gasteiger partial charge in [0, 0.05) is 18.8 Å². The molecule has 0 aliphatic carbocycles. The van der Waals surface area contributed by atoms with Gasteiger partial charge in [-0.25, -0.2) is 0 Å². The van der Waals surface area contributed by atoms with Crippen LogP contribution < -0.4 is 15.0 Å². The van der Waals surface area contributed by atoms with Crippen molar-refractivity contribution in [3.8, 4) is 5.75 Å². The zero-order valence-corrected chi connectivity index (χ0v) is 17.1. The van der Waals surface area contributed by atoms with Crippen molar-refractivity contribution in [2.75, 3.05) is 49.6 Å². The first-order valence-corrected chi connectivity index (χ1v) is 10.2. The van der Waals surface area contributed by atoms with E-state index < -0.39 is 23.8 Å². The number of ether oxygens (including phenoxy) is 2. The molecule has 1 unspecified atom stereocenters. The standard InChI is InChI=1S/C22H22F3N3O4/c23-22(24,25)15-5-7-16(8-6-15)26-20(29)14-28-13-19(21(30)27-9-11-31-12-10-27)32-18-4-2-1-3-17(18)28/h1-8,19H,9-14H2,(H,26,29). The third kappa shape index (κ3) is 4.96. The Bertz CT molecular complexity index is 975. The quantitative estimate of drug-likeness (QED) is 0.778. The van der Waals surface area contributed by atoms with Gasteiger partial charge < -0.3 is 24.6 Å². The molecule has 1 atom stereocenters. The minimum Gasteiger partial charge on any atom is -0.477 e. The van der Waals surface area contributed by atoms with Gasteiger partial charge in [-0.1, -0.05) is 12.1 Å². The molecule has 2 aromatic rings. The van der Waals surface area contributed by atoms with Gasteiger partial charge in [0.15, 0.2) is 6.10 Å². The van der Waals surface area contributed by atoms with Crippen LogP contribution in [-0.2, 0) is 20.5 Å². The van der Waals surface area contributed by atoms with Gasteiger partial charge in [-0.05, 0) is 36.4 Å². The summed E-state index contributed by atoms with van der Waals surface area (Å²) >= 11 is 0. The van der Waals surface area contributed by atoms with Crippen LogP contribution in [0.15, 0.2) is 48.5 Å². The monoisotopic (exact) mass is 449 g/mol. The molecule has 0 radical (unpaired) electrons. The van der Waals surface area contributed by atoms with Crippen LogP contribution in [-0.4, -0.2) is 62.2 Å². The molecule has 0 saturated carbocycles. The molecule has 1 fully saturated rings. The highest BCUT2D eigenvalue weighted by Crippen LogP contribution is 2.34. The first kappa shape index (κ1) is 21.9. The van der Waals surface area contributed by atoms with E-state index in [1.807, 2.05) is 0 Å². The van der Waals surface area contributed by atoms with E-state index in [4.69, 9.17) is 9.47 Å². The smallest absolute Gasteiger partial charge is 0.416 e. The van der Waals surface area contributed by atoms with Gasteiger partial charge in [0.2, 0.25) is 5.91 Å². The van der Waals surface area contributed by atoms with Crippen LogP contribution in [0.2, 0.25) is 0 Å². The number of carbonyl (C=O) groups excluding carboxylic acids is 2. The van der Waals surface area contributed by atoms with Crippen LogP contribution in [0.4, 0.5) is 24.5 Å². The lowest BCUT2D eigenvalue weighted by atomic mass is 10.1. The maximum Gasteiger partial charge on any atom is 0.416 e. The van der Waals surface area contributed by atoms with E-state index in [0.29, 0.717) is 37.7 Å². The highest BCUT2D eigenvalue weighted by atomic mass is 19.4. The van der Waals surface area contributed by atoms with Crippen LogP contribution in [0.25, 0.3) is 0 Å². The third-order valence-electron chi connectivity index (χ3n) is 5.29. The first-order valence-electron chi connectivity index (χ1n) is 10.2. The Kier molecular flexibility index (Phi) is 6.22. The Morgan fingerprint density at radius 2 is 1.72 bits per heavy atom. The minimum atomic E-state index is -4.44. The SMILES string of the molecule is O=C(CN1CC(C(=O)N2CCOCC2)Oc2ccccc21)Nc1ccc(C(F)(F)F)cc1. The molecule has 4 rings (SSSR count). The minimum absolute atomic E-state index is 0.0890. The maximum atomic E-state index is 12.9. The van der Waals surface area contributed by atoms with E-state index >= 15 is 0 Å². The van der Waals surface area contributed by atoms with Gasteiger partial charge in [-0.15, -0.1) is 0 Å². The molecular formula is C22H22F3N3O4. The predicted octanol–water partition coefficient (Wildman–Crippen LogP) is 2.77. The molecule has 0 bridgehead atoms. The Hall–Kier alpha value is -3.27. The number of benzene rings is 2. The van der Waals surface area contributed by atoms with E-state index in [1.165, 1.54) is 12.1 Å². The molecule has 10 heteroatoms. The number of nitrogens with zero attached hydrogens (tertiary/aromatic N) is 2. The summed E-state index contributed by atoms with van der Waals surface area (Å²) in [6.07, 6.45) is -5.22. The molecule has 0 spiro atoms. The number of alkyl halides is 3. The zero-order valence-electron chi connectivity index (χ0n) is 17.1. The molecule has 2 amide bonds. The number of hydrogen-bond donors (Lipinski definition) is 1. The summed E-state index contributed by atoms with van der Waals surface area (Å²) in [6.45, 7) is 1.98. The summed E-state index contributed by atoms with van der Waals surface area (Å²) in [4.78, 5) is 29.0. The molecule has 2 heterocycles. The summed E-state index contributed by atoms with van der Waals surface area (Å²) in [7, 11) is 0. The van der Waals surface area contributed by atoms with Crippen molar-refractivity contribution < 1.29 is 32.2 Å². The summed E-state index contributed by atoms with van der Waals surface area (Å²) in [6, 6.07) is 11.3. The van der Waals surface area contributed by atoms with Crippen molar-refractivity contribution >= 4 is 23.2 Å². The van der Waals surface area contributed by atoms with Gasteiger partial charge in [0.25, 0.3) is 5.91 Å². The van der Waals surface area contributed by atoms with Crippen LogP contribution >= 0.6 is 0 Å². The second kappa shape index (κ2) is 9.07. The number of hydrogen-bond acceptors (Lipinski definition) is 5. The molecular weight excluding hydrogens is 427 g/mol. The second-order valence-electron chi connectivity index (χ2n) is 7.52. The highest BCUT2D eigenvalue weighted by Gasteiger charge is 2.35. The lowest BCUT2D eigenvalue weighted by Crippen LogP contribution is -2.53. The zero-order chi connectivity index (χ0) is 22.7. The van der Waals surface area contributed by atoms with E-state index in [0.717, 1.165) is 12.1 Å². The molecule has 2 aliphatic heterocycles. The average molecular weight is 449 g/mol. The number of fused-ring (bicyclic) bond motifs is 1. The van der Waals surface area contributed by atoms with E-state index in [9.17, 15) is 22.8 Å². The van der Waals surface area contributed by atoms with E-state index in [1.54, 1.807) is 34.1 Å². The Balaban J connectivity index is 1.45. The Morgan fingerprint density at radius 3 is 2.41 bits per heavy atom.